The van der Waals surface area contributed by atoms with Gasteiger partial charge in [-0.05, 0) is 87.6 Å². The molecule has 0 bridgehead atoms. The summed E-state index contributed by atoms with van der Waals surface area (Å²) in [4.78, 5) is 38.7. The van der Waals surface area contributed by atoms with Gasteiger partial charge in [-0.25, -0.2) is 0 Å². The van der Waals surface area contributed by atoms with Crippen molar-refractivity contribution in [2.24, 2.45) is 0 Å². The Hall–Kier alpha value is -4.73. The van der Waals surface area contributed by atoms with Crippen LogP contribution in [0.1, 0.15) is 70.5 Å². The van der Waals surface area contributed by atoms with E-state index in [9.17, 15) is 32.9 Å². The number of halogens is 3. The van der Waals surface area contributed by atoms with Crippen LogP contribution >= 0.6 is 0 Å². The van der Waals surface area contributed by atoms with Gasteiger partial charge < -0.3 is 9.32 Å². The molecule has 3 aromatic carbocycles. The van der Waals surface area contributed by atoms with Crippen LogP contribution in [0.5, 0.6) is 0 Å². The van der Waals surface area contributed by atoms with Gasteiger partial charge in [0.25, 0.3) is 11.6 Å². The second kappa shape index (κ2) is 12.1. The lowest BCUT2D eigenvalue weighted by molar-refractivity contribution is -0.386. The van der Waals surface area contributed by atoms with Crippen LogP contribution in [-0.2, 0) is 29.5 Å². The minimum Gasteiger partial charge on any atom is -0.455 e. The number of carbonyl (C=O) groups is 2. The number of rotatable bonds is 9. The highest BCUT2D eigenvalue weighted by atomic mass is 19.4. The van der Waals surface area contributed by atoms with Gasteiger partial charge in [-0.15, -0.1) is 0 Å². The normalized spacial score (nSPS) is 11.8. The topological polar surface area (TPSA) is 93.7 Å². The zero-order chi connectivity index (χ0) is 32.6. The number of amides is 1. The molecule has 7 nitrogen and oxygen atoms in total. The van der Waals surface area contributed by atoms with E-state index in [0.29, 0.717) is 16.7 Å². The van der Waals surface area contributed by atoms with Crippen molar-refractivity contribution in [1.29, 1.82) is 0 Å². The van der Waals surface area contributed by atoms with Gasteiger partial charge in [0.05, 0.1) is 17.0 Å². The first kappa shape index (κ1) is 32.2. The quantitative estimate of drug-likeness (QED) is 0.141. The summed E-state index contributed by atoms with van der Waals surface area (Å²) in [5.41, 5.74) is 3.69. The van der Waals surface area contributed by atoms with E-state index in [-0.39, 0.29) is 41.4 Å². The molecular weight excluding hydrogens is 573 g/mol. The second-order valence-corrected chi connectivity index (χ2v) is 11.5. The fraction of sp³-hybridized carbons (Fsp3) is 0.294. The molecule has 0 aliphatic heterocycles. The van der Waals surface area contributed by atoms with Crippen LogP contribution in [0.3, 0.4) is 0 Å². The average Bonchev–Trinajstić information content (AvgIpc) is 3.42. The van der Waals surface area contributed by atoms with E-state index in [0.717, 1.165) is 22.8 Å². The fourth-order valence-corrected chi connectivity index (χ4v) is 5.26. The van der Waals surface area contributed by atoms with E-state index in [1.165, 1.54) is 17.9 Å². The summed E-state index contributed by atoms with van der Waals surface area (Å²) < 4.78 is 44.7. The van der Waals surface area contributed by atoms with Gasteiger partial charge in [-0.3, -0.25) is 19.7 Å². The molecule has 0 saturated heterocycles. The first-order valence-corrected chi connectivity index (χ1v) is 13.9. The van der Waals surface area contributed by atoms with Gasteiger partial charge in [0.2, 0.25) is 5.76 Å². The number of Topliss-reactive ketones (excluding diaryl/α,β-unsaturated/α-hetero) is 1. The smallest absolute Gasteiger partial charge is 0.449 e. The lowest BCUT2D eigenvalue weighted by Gasteiger charge is -2.24. The molecular formula is C34H33F3N2O5. The SMILES string of the molecule is CC(=O)C(C)(C)c1cccc(-c2ccc(CN(Cc3ccc(C(F)(F)F)o3)C(=O)c3c(C)cc(C)c([N+](=O)[O-])c3C)cc2)c1. The Kier molecular flexibility index (Phi) is 8.86. The number of carbonyl (C=O) groups excluding carboxylic acids is 2. The van der Waals surface area contributed by atoms with Crippen molar-refractivity contribution in [1.82, 2.24) is 4.90 Å². The zero-order valence-electron chi connectivity index (χ0n) is 25.3. The third kappa shape index (κ3) is 6.59. The number of aryl methyl sites for hydroxylation is 2. The number of hydrogen-bond donors (Lipinski definition) is 0. The van der Waals surface area contributed by atoms with Gasteiger partial charge in [0.1, 0.15) is 11.5 Å². The molecule has 0 aliphatic carbocycles. The van der Waals surface area contributed by atoms with Crippen LogP contribution in [0.25, 0.3) is 11.1 Å². The Labute approximate surface area is 253 Å². The van der Waals surface area contributed by atoms with Crippen LogP contribution in [0.2, 0.25) is 0 Å². The van der Waals surface area contributed by atoms with E-state index in [2.05, 4.69) is 0 Å². The molecule has 0 radical (unpaired) electrons. The number of ketones is 1. The summed E-state index contributed by atoms with van der Waals surface area (Å²) in [6, 6.07) is 18.5. The van der Waals surface area contributed by atoms with E-state index in [4.69, 9.17) is 4.42 Å². The largest absolute Gasteiger partial charge is 0.455 e. The summed E-state index contributed by atoms with van der Waals surface area (Å²) in [6.07, 6.45) is -4.69. The van der Waals surface area contributed by atoms with Crippen LogP contribution in [0.15, 0.2) is 71.1 Å². The molecule has 4 aromatic rings. The molecule has 0 spiro atoms. The molecule has 230 valence electrons. The molecule has 0 atom stereocenters. The van der Waals surface area contributed by atoms with Crippen molar-refractivity contribution in [3.63, 3.8) is 0 Å². The highest BCUT2D eigenvalue weighted by Crippen LogP contribution is 2.34. The molecule has 1 aromatic heterocycles. The van der Waals surface area contributed by atoms with E-state index >= 15 is 0 Å². The van der Waals surface area contributed by atoms with Gasteiger partial charge in [0.15, 0.2) is 0 Å². The molecule has 0 saturated carbocycles. The summed E-state index contributed by atoms with van der Waals surface area (Å²) >= 11 is 0. The maximum atomic E-state index is 14.0. The number of hydrogen-bond acceptors (Lipinski definition) is 5. The molecule has 0 aliphatic rings. The minimum atomic E-state index is -4.69. The van der Waals surface area contributed by atoms with Crippen LogP contribution in [-0.4, -0.2) is 21.5 Å². The fourth-order valence-electron chi connectivity index (χ4n) is 5.26. The minimum absolute atomic E-state index is 0.000867. The van der Waals surface area contributed by atoms with Crippen LogP contribution < -0.4 is 0 Å². The summed E-state index contributed by atoms with van der Waals surface area (Å²) in [5.74, 6) is -1.80. The molecule has 1 heterocycles. The average molecular weight is 607 g/mol. The molecule has 4 rings (SSSR count). The van der Waals surface area contributed by atoms with Crippen molar-refractivity contribution in [2.45, 2.75) is 66.2 Å². The van der Waals surface area contributed by atoms with Crippen molar-refractivity contribution in [2.75, 3.05) is 0 Å². The zero-order valence-corrected chi connectivity index (χ0v) is 25.3. The van der Waals surface area contributed by atoms with Gasteiger partial charge >= 0.3 is 6.18 Å². The van der Waals surface area contributed by atoms with Crippen molar-refractivity contribution in [3.8, 4) is 11.1 Å². The van der Waals surface area contributed by atoms with E-state index in [1.54, 1.807) is 39.0 Å². The van der Waals surface area contributed by atoms with Crippen LogP contribution in [0, 0.1) is 30.9 Å². The second-order valence-electron chi connectivity index (χ2n) is 11.5. The van der Waals surface area contributed by atoms with Crippen LogP contribution in [0.4, 0.5) is 18.9 Å². The van der Waals surface area contributed by atoms with E-state index in [1.807, 2.05) is 50.2 Å². The van der Waals surface area contributed by atoms with Crippen molar-refractivity contribution >= 4 is 17.4 Å². The Balaban J connectivity index is 1.70. The number of furan rings is 1. The molecule has 0 unspecified atom stereocenters. The molecule has 1 amide bonds. The Morgan fingerprint density at radius 1 is 0.886 bits per heavy atom. The summed E-state index contributed by atoms with van der Waals surface area (Å²) in [5, 5.41) is 11.8. The predicted octanol–water partition coefficient (Wildman–Crippen LogP) is 8.51. The first-order chi connectivity index (χ1) is 20.5. The standard InChI is InChI=1S/C34H33F3N2O5/c1-20-16-21(2)31(39(42)43)22(3)30(20)32(41)38(19-28-14-15-29(44-28)34(35,36)37)18-24-10-12-25(13-11-24)26-8-7-9-27(17-26)33(5,6)23(4)40/h7-17H,18-19H2,1-6H3. The molecule has 44 heavy (non-hydrogen) atoms. The number of nitro groups is 1. The molecule has 0 fully saturated rings. The Bertz CT molecular complexity index is 1740. The number of nitro benzene ring substituents is 1. The highest BCUT2D eigenvalue weighted by Gasteiger charge is 2.35. The number of nitrogens with zero attached hydrogens (tertiary/aromatic N) is 2. The number of alkyl halides is 3. The van der Waals surface area contributed by atoms with Gasteiger partial charge in [0, 0.05) is 23.1 Å². The Morgan fingerprint density at radius 3 is 2.11 bits per heavy atom. The van der Waals surface area contributed by atoms with Crippen molar-refractivity contribution < 1.29 is 32.1 Å². The summed E-state index contributed by atoms with van der Waals surface area (Å²) in [6.45, 7) is 9.74. The third-order valence-electron chi connectivity index (χ3n) is 8.03. The van der Waals surface area contributed by atoms with Gasteiger partial charge in [-0.2, -0.15) is 13.2 Å². The molecule has 10 heteroatoms. The van der Waals surface area contributed by atoms with E-state index < -0.39 is 28.2 Å². The third-order valence-corrected chi connectivity index (χ3v) is 8.03. The predicted molar refractivity (Wildman–Crippen MR) is 160 cm³/mol. The number of benzene rings is 3. The lowest BCUT2D eigenvalue weighted by atomic mass is 9.80. The maximum absolute atomic E-state index is 14.0. The first-order valence-electron chi connectivity index (χ1n) is 13.9. The van der Waals surface area contributed by atoms with Gasteiger partial charge in [-0.1, -0.05) is 48.5 Å². The Morgan fingerprint density at radius 2 is 1.55 bits per heavy atom. The highest BCUT2D eigenvalue weighted by molar-refractivity contribution is 5.98. The summed E-state index contributed by atoms with van der Waals surface area (Å²) in [7, 11) is 0. The van der Waals surface area contributed by atoms with Crippen molar-refractivity contribution in [3.05, 3.63) is 122 Å². The monoisotopic (exact) mass is 606 g/mol. The lowest BCUT2D eigenvalue weighted by Crippen LogP contribution is -2.31. The maximum Gasteiger partial charge on any atom is 0.449 e. The molecule has 0 N–H and O–H groups in total.